The predicted molar refractivity (Wildman–Crippen MR) is 95.3 cm³/mol. The molecule has 10 heteroatoms. The van der Waals surface area contributed by atoms with Gasteiger partial charge in [0.25, 0.3) is 11.5 Å². The summed E-state index contributed by atoms with van der Waals surface area (Å²) in [6.45, 7) is -0.126. The number of aromatic amines is 1. The van der Waals surface area contributed by atoms with Crippen molar-refractivity contribution in [3.8, 4) is 0 Å². The summed E-state index contributed by atoms with van der Waals surface area (Å²) < 4.78 is 73.3. The van der Waals surface area contributed by atoms with Crippen molar-refractivity contribution in [2.75, 3.05) is 13.7 Å². The number of halogens is 5. The molecule has 1 N–H and O–H groups in total. The molecule has 0 aliphatic carbocycles. The highest BCUT2D eigenvalue weighted by molar-refractivity contribution is 5.95. The van der Waals surface area contributed by atoms with Crippen LogP contribution < -0.4 is 5.56 Å². The second-order valence-electron chi connectivity index (χ2n) is 6.86. The molecule has 2 heterocycles. The Bertz CT molecular complexity index is 1230. The number of carbonyl (C=O) groups is 1. The average molecular weight is 424 g/mol. The van der Waals surface area contributed by atoms with Crippen molar-refractivity contribution in [1.82, 2.24) is 9.88 Å². The molecule has 2 aromatic carbocycles. The van der Waals surface area contributed by atoms with E-state index in [9.17, 15) is 31.5 Å². The Kier molecular flexibility index (Phi) is 4.81. The maximum Gasteiger partial charge on any atom is 0.256 e. The van der Waals surface area contributed by atoms with Crippen LogP contribution in [0, 0.1) is 29.1 Å². The van der Waals surface area contributed by atoms with E-state index in [0.29, 0.717) is 17.7 Å². The van der Waals surface area contributed by atoms with Gasteiger partial charge in [-0.1, -0.05) is 0 Å². The van der Waals surface area contributed by atoms with Gasteiger partial charge in [-0.2, -0.15) is 0 Å². The molecule has 1 atom stereocenters. The Hall–Kier alpha value is -3.27. The number of aromatic nitrogens is 1. The summed E-state index contributed by atoms with van der Waals surface area (Å²) in [7, 11) is 1.31. The van der Waals surface area contributed by atoms with Crippen molar-refractivity contribution in [3.05, 3.63) is 80.5 Å². The van der Waals surface area contributed by atoms with Gasteiger partial charge in [-0.05, 0) is 29.7 Å². The Morgan fingerprint density at radius 1 is 1.00 bits per heavy atom. The van der Waals surface area contributed by atoms with Crippen molar-refractivity contribution in [1.29, 1.82) is 0 Å². The molecule has 0 unspecified atom stereocenters. The maximum atomic E-state index is 13.9. The number of amides is 1. The summed E-state index contributed by atoms with van der Waals surface area (Å²) >= 11 is 0. The molecule has 1 aliphatic rings. The number of likely N-dealkylation sites (N-methyl/N-ethyl adjacent to an activating group) is 1. The van der Waals surface area contributed by atoms with Crippen LogP contribution in [0.25, 0.3) is 10.8 Å². The molecule has 3 aromatic rings. The standard InChI is InChI=1S/C20H13F5N2O3/c1-27(20(29)8-2-13(23)18(25)14(24)3-8)16-7-30-6-15-17(16)9-4-11(21)12(22)5-10(9)19(28)26-15/h2-5,16H,6-7H2,1H3,(H,26,28)/t16-/m1/s1. The number of fused-ring (bicyclic) bond motifs is 3. The topological polar surface area (TPSA) is 62.4 Å². The van der Waals surface area contributed by atoms with Crippen molar-refractivity contribution in [3.63, 3.8) is 0 Å². The Morgan fingerprint density at radius 3 is 2.23 bits per heavy atom. The van der Waals surface area contributed by atoms with E-state index < -0.39 is 52.2 Å². The number of nitrogens with zero attached hydrogens (tertiary/aromatic N) is 1. The molecule has 1 aliphatic heterocycles. The number of ether oxygens (including phenoxy) is 1. The second kappa shape index (κ2) is 7.21. The summed E-state index contributed by atoms with van der Waals surface area (Å²) in [5.74, 6) is -8.02. The van der Waals surface area contributed by atoms with Gasteiger partial charge in [0.2, 0.25) is 0 Å². The average Bonchev–Trinajstić information content (AvgIpc) is 2.71. The van der Waals surface area contributed by atoms with Gasteiger partial charge in [0.05, 0.1) is 24.6 Å². The molecule has 0 fully saturated rings. The van der Waals surface area contributed by atoms with E-state index in [1.165, 1.54) is 7.05 Å². The molecule has 5 nitrogen and oxygen atoms in total. The highest BCUT2D eigenvalue weighted by Gasteiger charge is 2.32. The minimum atomic E-state index is -1.71. The zero-order valence-corrected chi connectivity index (χ0v) is 15.4. The van der Waals surface area contributed by atoms with E-state index in [0.717, 1.165) is 17.0 Å². The predicted octanol–water partition coefficient (Wildman–Crippen LogP) is 3.57. The van der Waals surface area contributed by atoms with Gasteiger partial charge >= 0.3 is 0 Å². The van der Waals surface area contributed by atoms with E-state index in [-0.39, 0.29) is 29.7 Å². The van der Waals surface area contributed by atoms with Crippen molar-refractivity contribution in [2.24, 2.45) is 0 Å². The third-order valence-corrected chi connectivity index (χ3v) is 5.06. The third kappa shape index (κ3) is 3.13. The number of benzene rings is 2. The van der Waals surface area contributed by atoms with Crippen LogP contribution in [0.4, 0.5) is 22.0 Å². The summed E-state index contributed by atoms with van der Waals surface area (Å²) in [5.41, 5.74) is -0.546. The molecule has 0 saturated heterocycles. The monoisotopic (exact) mass is 424 g/mol. The zero-order valence-electron chi connectivity index (χ0n) is 15.4. The fourth-order valence-electron chi connectivity index (χ4n) is 3.57. The van der Waals surface area contributed by atoms with Crippen LogP contribution >= 0.6 is 0 Å². The highest BCUT2D eigenvalue weighted by atomic mass is 19.2. The van der Waals surface area contributed by atoms with E-state index in [4.69, 9.17) is 4.74 Å². The molecule has 30 heavy (non-hydrogen) atoms. The molecule has 0 saturated carbocycles. The zero-order chi connectivity index (χ0) is 21.7. The second-order valence-corrected chi connectivity index (χ2v) is 6.86. The van der Waals surface area contributed by atoms with Crippen molar-refractivity contribution in [2.45, 2.75) is 12.6 Å². The molecule has 4 rings (SSSR count). The number of rotatable bonds is 2. The first-order valence-corrected chi connectivity index (χ1v) is 8.72. The molecule has 0 bridgehead atoms. The van der Waals surface area contributed by atoms with Gasteiger partial charge in [0.15, 0.2) is 29.1 Å². The van der Waals surface area contributed by atoms with Crippen LogP contribution in [0.2, 0.25) is 0 Å². The molecule has 1 amide bonds. The number of nitrogens with one attached hydrogen (secondary N) is 1. The number of pyridine rings is 1. The number of hydrogen-bond acceptors (Lipinski definition) is 3. The normalized spacial score (nSPS) is 15.9. The first-order chi connectivity index (χ1) is 14.2. The minimum Gasteiger partial charge on any atom is -0.373 e. The quantitative estimate of drug-likeness (QED) is 0.506. The third-order valence-electron chi connectivity index (χ3n) is 5.06. The Balaban J connectivity index is 1.84. The maximum absolute atomic E-state index is 13.9. The molecule has 0 radical (unpaired) electrons. The van der Waals surface area contributed by atoms with Crippen molar-refractivity contribution >= 4 is 16.7 Å². The largest absolute Gasteiger partial charge is 0.373 e. The molecular formula is C20H13F5N2O3. The summed E-state index contributed by atoms with van der Waals surface area (Å²) in [4.78, 5) is 28.7. The van der Waals surface area contributed by atoms with Gasteiger partial charge in [0, 0.05) is 23.9 Å². The lowest BCUT2D eigenvalue weighted by atomic mass is 9.95. The van der Waals surface area contributed by atoms with E-state index >= 15 is 0 Å². The first kappa shape index (κ1) is 20.0. The minimum absolute atomic E-state index is 0.0438. The van der Waals surface area contributed by atoms with Crippen LogP contribution in [0.5, 0.6) is 0 Å². The van der Waals surface area contributed by atoms with E-state index in [2.05, 4.69) is 4.98 Å². The SMILES string of the molecule is CN(C(=O)c1cc(F)c(F)c(F)c1)[C@@H]1COCc2[nH]c(=O)c3cc(F)c(F)cc3c21. The highest BCUT2D eigenvalue weighted by Crippen LogP contribution is 2.34. The van der Waals surface area contributed by atoms with Crippen LogP contribution in [-0.2, 0) is 11.3 Å². The van der Waals surface area contributed by atoms with Crippen LogP contribution in [0.1, 0.15) is 27.7 Å². The lowest BCUT2D eigenvalue weighted by molar-refractivity contribution is 0.0335. The van der Waals surface area contributed by atoms with Gasteiger partial charge in [0.1, 0.15) is 0 Å². The fraction of sp³-hybridized carbons (Fsp3) is 0.200. The smallest absolute Gasteiger partial charge is 0.256 e. The van der Waals surface area contributed by atoms with Crippen LogP contribution in [0.3, 0.4) is 0 Å². The molecule has 1 aromatic heterocycles. The fourth-order valence-corrected chi connectivity index (χ4v) is 3.57. The number of hydrogen-bond donors (Lipinski definition) is 1. The van der Waals surface area contributed by atoms with Gasteiger partial charge < -0.3 is 14.6 Å². The first-order valence-electron chi connectivity index (χ1n) is 8.72. The molecular weight excluding hydrogens is 411 g/mol. The number of carbonyl (C=O) groups excluding carboxylic acids is 1. The van der Waals surface area contributed by atoms with Gasteiger partial charge in [-0.25, -0.2) is 22.0 Å². The lowest BCUT2D eigenvalue weighted by Gasteiger charge is -2.34. The van der Waals surface area contributed by atoms with Gasteiger partial charge in [-0.15, -0.1) is 0 Å². The Labute approximate surface area is 165 Å². The van der Waals surface area contributed by atoms with E-state index in [1.54, 1.807) is 0 Å². The van der Waals surface area contributed by atoms with Crippen LogP contribution in [-0.4, -0.2) is 29.4 Å². The molecule has 156 valence electrons. The molecule has 0 spiro atoms. The Morgan fingerprint density at radius 2 is 1.60 bits per heavy atom. The van der Waals surface area contributed by atoms with Crippen LogP contribution in [0.15, 0.2) is 29.1 Å². The summed E-state index contributed by atoms with van der Waals surface area (Å²) in [5, 5.41) is -0.0451. The lowest BCUT2D eigenvalue weighted by Crippen LogP contribution is -2.37. The summed E-state index contributed by atoms with van der Waals surface area (Å²) in [6.07, 6.45) is 0. The van der Waals surface area contributed by atoms with Gasteiger partial charge in [-0.3, -0.25) is 9.59 Å². The number of H-pyrrole nitrogens is 1. The van der Waals surface area contributed by atoms with Crippen molar-refractivity contribution < 1.29 is 31.5 Å². The van der Waals surface area contributed by atoms with E-state index in [1.807, 2.05) is 0 Å². The summed E-state index contributed by atoms with van der Waals surface area (Å²) in [6, 6.07) is 1.82.